The number of rotatable bonds is 3. The standard InChI is InChI=1S/C24H20ClFN2O4/c1-24(2,3)17-12-18(27-32-17)28-20(14-5-4-6-16(26)11-14)19(22(30)23(28)31)21(29)13-7-9-15(25)10-8-13/h4-12,20,29H,1-3H3. The van der Waals surface area contributed by atoms with Crippen LogP contribution in [-0.2, 0) is 15.0 Å². The molecule has 2 aromatic carbocycles. The van der Waals surface area contributed by atoms with Crippen molar-refractivity contribution in [1.82, 2.24) is 5.16 Å². The molecule has 1 atom stereocenters. The molecule has 4 rings (SSSR count). The SMILES string of the molecule is CC(C)(C)c1cc(N2C(=O)C(=O)C(=C(O)c3ccc(Cl)cc3)C2c2cccc(F)c2)no1. The van der Waals surface area contributed by atoms with Crippen LogP contribution in [0.25, 0.3) is 5.76 Å². The minimum atomic E-state index is -1.10. The van der Waals surface area contributed by atoms with Crippen molar-refractivity contribution in [2.75, 3.05) is 4.90 Å². The highest BCUT2D eigenvalue weighted by atomic mass is 35.5. The first-order chi connectivity index (χ1) is 15.1. The van der Waals surface area contributed by atoms with Crippen LogP contribution in [0.15, 0.2) is 64.7 Å². The van der Waals surface area contributed by atoms with Gasteiger partial charge in [0.15, 0.2) is 5.82 Å². The van der Waals surface area contributed by atoms with E-state index in [1.165, 1.54) is 30.3 Å². The molecule has 6 nitrogen and oxygen atoms in total. The van der Waals surface area contributed by atoms with E-state index in [9.17, 15) is 19.1 Å². The van der Waals surface area contributed by atoms with E-state index in [0.717, 1.165) is 4.90 Å². The maximum atomic E-state index is 14.1. The molecule has 0 spiro atoms. The lowest BCUT2D eigenvalue weighted by molar-refractivity contribution is -0.132. The molecule has 1 aliphatic rings. The molecule has 2 heterocycles. The average Bonchev–Trinajstić information content (AvgIpc) is 3.32. The van der Waals surface area contributed by atoms with Crippen LogP contribution in [-0.4, -0.2) is 22.0 Å². The van der Waals surface area contributed by atoms with Crippen molar-refractivity contribution in [3.8, 4) is 0 Å². The van der Waals surface area contributed by atoms with Crippen LogP contribution in [0.1, 0.15) is 43.7 Å². The minimum absolute atomic E-state index is 0.0986. The summed E-state index contributed by atoms with van der Waals surface area (Å²) in [5.41, 5.74) is 0.0313. The largest absolute Gasteiger partial charge is 0.507 e. The number of halogens is 2. The molecule has 1 aromatic heterocycles. The molecular weight excluding hydrogens is 435 g/mol. The van der Waals surface area contributed by atoms with Gasteiger partial charge >= 0.3 is 5.91 Å². The number of aromatic nitrogens is 1. The molecule has 1 fully saturated rings. The van der Waals surface area contributed by atoms with Gasteiger partial charge < -0.3 is 9.63 Å². The molecule has 1 amide bonds. The van der Waals surface area contributed by atoms with Gasteiger partial charge in [0.25, 0.3) is 5.78 Å². The highest BCUT2D eigenvalue weighted by molar-refractivity contribution is 6.51. The molecule has 1 saturated heterocycles. The number of nitrogens with zero attached hydrogens (tertiary/aromatic N) is 2. The molecule has 1 aliphatic heterocycles. The van der Waals surface area contributed by atoms with Crippen LogP contribution in [0, 0.1) is 5.82 Å². The summed E-state index contributed by atoms with van der Waals surface area (Å²) in [7, 11) is 0. The Labute approximate surface area is 188 Å². The second-order valence-corrected chi connectivity index (χ2v) is 8.97. The maximum Gasteiger partial charge on any atom is 0.301 e. The molecule has 32 heavy (non-hydrogen) atoms. The second kappa shape index (κ2) is 7.91. The lowest BCUT2D eigenvalue weighted by Gasteiger charge is -2.23. The van der Waals surface area contributed by atoms with Crippen molar-refractivity contribution in [2.45, 2.75) is 32.2 Å². The number of anilines is 1. The maximum absolute atomic E-state index is 14.1. The number of hydrogen-bond donors (Lipinski definition) is 1. The number of aliphatic hydroxyl groups is 1. The zero-order chi connectivity index (χ0) is 23.2. The zero-order valence-corrected chi connectivity index (χ0v) is 18.4. The Morgan fingerprint density at radius 1 is 1.12 bits per heavy atom. The number of ketones is 1. The van der Waals surface area contributed by atoms with E-state index in [1.807, 2.05) is 20.8 Å². The number of hydrogen-bond acceptors (Lipinski definition) is 5. The number of Topliss-reactive ketones (excluding diaryl/α,β-unsaturated/α-hetero) is 1. The van der Waals surface area contributed by atoms with Crippen molar-refractivity contribution >= 4 is 34.9 Å². The normalized spacial score (nSPS) is 18.4. The summed E-state index contributed by atoms with van der Waals surface area (Å²) in [6.07, 6.45) is 0. The van der Waals surface area contributed by atoms with Crippen LogP contribution in [0.2, 0.25) is 5.02 Å². The van der Waals surface area contributed by atoms with E-state index in [2.05, 4.69) is 5.16 Å². The monoisotopic (exact) mass is 454 g/mol. The number of aliphatic hydroxyl groups excluding tert-OH is 1. The van der Waals surface area contributed by atoms with Gasteiger partial charge in [-0.05, 0) is 42.0 Å². The van der Waals surface area contributed by atoms with E-state index in [-0.39, 0.29) is 11.4 Å². The second-order valence-electron chi connectivity index (χ2n) is 8.53. The first-order valence-electron chi connectivity index (χ1n) is 9.87. The van der Waals surface area contributed by atoms with Crippen LogP contribution in [0.5, 0.6) is 0 Å². The molecule has 0 radical (unpaired) electrons. The Kier molecular flexibility index (Phi) is 5.38. The highest BCUT2D eigenvalue weighted by Crippen LogP contribution is 2.42. The minimum Gasteiger partial charge on any atom is -0.507 e. The molecular formula is C24H20ClFN2O4. The number of carbonyl (C=O) groups is 2. The Hall–Kier alpha value is -3.45. The van der Waals surface area contributed by atoms with Gasteiger partial charge in [0.1, 0.15) is 17.3 Å². The van der Waals surface area contributed by atoms with Gasteiger partial charge in [-0.25, -0.2) is 4.39 Å². The van der Waals surface area contributed by atoms with Gasteiger partial charge in [0.05, 0.1) is 11.6 Å². The van der Waals surface area contributed by atoms with Crippen LogP contribution in [0.4, 0.5) is 10.2 Å². The molecule has 3 aromatic rings. The highest BCUT2D eigenvalue weighted by Gasteiger charge is 2.48. The molecule has 0 aliphatic carbocycles. The van der Waals surface area contributed by atoms with Crippen LogP contribution < -0.4 is 4.90 Å². The van der Waals surface area contributed by atoms with Crippen molar-refractivity contribution in [3.63, 3.8) is 0 Å². The van der Waals surface area contributed by atoms with E-state index >= 15 is 0 Å². The Morgan fingerprint density at radius 2 is 1.81 bits per heavy atom. The van der Waals surface area contributed by atoms with Crippen molar-refractivity contribution in [1.29, 1.82) is 0 Å². The van der Waals surface area contributed by atoms with Crippen LogP contribution >= 0.6 is 11.6 Å². The topological polar surface area (TPSA) is 83.6 Å². The third kappa shape index (κ3) is 3.80. The van der Waals surface area contributed by atoms with Crippen LogP contribution in [0.3, 0.4) is 0 Å². The molecule has 164 valence electrons. The Bertz CT molecular complexity index is 1240. The molecule has 1 unspecified atom stereocenters. The molecule has 0 saturated carbocycles. The summed E-state index contributed by atoms with van der Waals surface area (Å²) in [6.45, 7) is 5.74. The van der Waals surface area contributed by atoms with E-state index in [1.54, 1.807) is 24.3 Å². The third-order valence-corrected chi connectivity index (χ3v) is 5.46. The molecule has 8 heteroatoms. The lowest BCUT2D eigenvalue weighted by Crippen LogP contribution is -2.29. The van der Waals surface area contributed by atoms with Gasteiger partial charge in [0, 0.05) is 22.1 Å². The number of carbonyl (C=O) groups excluding carboxylic acids is 2. The molecule has 0 bridgehead atoms. The average molecular weight is 455 g/mol. The third-order valence-electron chi connectivity index (χ3n) is 5.21. The summed E-state index contributed by atoms with van der Waals surface area (Å²) in [5, 5.41) is 15.4. The Balaban J connectivity index is 1.93. The lowest BCUT2D eigenvalue weighted by atomic mass is 9.93. The number of amides is 1. The van der Waals surface area contributed by atoms with Crippen molar-refractivity contribution < 1.29 is 23.6 Å². The fraction of sp³-hybridized carbons (Fsp3) is 0.208. The van der Waals surface area contributed by atoms with Gasteiger partial charge in [-0.1, -0.05) is 49.7 Å². The van der Waals surface area contributed by atoms with E-state index in [0.29, 0.717) is 21.9 Å². The first kappa shape index (κ1) is 21.8. The van der Waals surface area contributed by atoms with Crippen molar-refractivity contribution in [2.24, 2.45) is 0 Å². The first-order valence-corrected chi connectivity index (χ1v) is 10.3. The fourth-order valence-electron chi connectivity index (χ4n) is 3.56. The summed E-state index contributed by atoms with van der Waals surface area (Å²) >= 11 is 5.92. The summed E-state index contributed by atoms with van der Waals surface area (Å²) in [5.74, 6) is -2.14. The fourth-order valence-corrected chi connectivity index (χ4v) is 3.68. The summed E-state index contributed by atoms with van der Waals surface area (Å²) in [6, 6.07) is 12.1. The van der Waals surface area contributed by atoms with Gasteiger partial charge in [-0.3, -0.25) is 14.5 Å². The summed E-state index contributed by atoms with van der Waals surface area (Å²) < 4.78 is 19.5. The summed E-state index contributed by atoms with van der Waals surface area (Å²) in [4.78, 5) is 27.2. The molecule has 1 N–H and O–H groups in total. The van der Waals surface area contributed by atoms with Crippen molar-refractivity contribution in [3.05, 3.63) is 87.9 Å². The predicted octanol–water partition coefficient (Wildman–Crippen LogP) is 5.39. The van der Waals surface area contributed by atoms with Gasteiger partial charge in [0.2, 0.25) is 0 Å². The van der Waals surface area contributed by atoms with Gasteiger partial charge in [-0.15, -0.1) is 0 Å². The smallest absolute Gasteiger partial charge is 0.301 e. The number of benzene rings is 2. The quantitative estimate of drug-likeness (QED) is 0.326. The van der Waals surface area contributed by atoms with E-state index in [4.69, 9.17) is 16.1 Å². The zero-order valence-electron chi connectivity index (χ0n) is 17.6. The predicted molar refractivity (Wildman–Crippen MR) is 118 cm³/mol. The van der Waals surface area contributed by atoms with Gasteiger partial charge in [-0.2, -0.15) is 0 Å². The Morgan fingerprint density at radius 3 is 2.41 bits per heavy atom. The van der Waals surface area contributed by atoms with E-state index < -0.39 is 34.7 Å².